The molecule has 41 heavy (non-hydrogen) atoms. The molecule has 0 unspecified atom stereocenters. The zero-order valence-corrected chi connectivity index (χ0v) is 27.8. The molecule has 0 spiro atoms. The Bertz CT molecular complexity index is 1510. The topological polar surface area (TPSA) is 114 Å². The standard InChI is InChI=1S/2C16H20O3S.Ca/c2*1-2-3-4-5-9-14-12-11-13-8-6-7-10-15(13)16(14)20(17,18)19;/h2*6-8,10-12H,2-5,9H2,1H3,(H,17,18,19);/q;;+2/p-2. The third kappa shape index (κ3) is 10.3. The predicted molar refractivity (Wildman–Crippen MR) is 165 cm³/mol. The molecule has 6 nitrogen and oxygen atoms in total. The van der Waals surface area contributed by atoms with Crippen LogP contribution in [-0.4, -0.2) is 63.7 Å². The van der Waals surface area contributed by atoms with Gasteiger partial charge in [0, 0.05) is 0 Å². The van der Waals surface area contributed by atoms with E-state index in [9.17, 15) is 25.9 Å². The number of aryl methyl sites for hydroxylation is 2. The van der Waals surface area contributed by atoms with Crippen molar-refractivity contribution in [1.29, 1.82) is 0 Å². The van der Waals surface area contributed by atoms with E-state index in [2.05, 4.69) is 13.8 Å². The maximum absolute atomic E-state index is 11.6. The Balaban J connectivity index is 0.000000280. The second kappa shape index (κ2) is 16.9. The van der Waals surface area contributed by atoms with E-state index in [0.29, 0.717) is 34.7 Å². The van der Waals surface area contributed by atoms with Gasteiger partial charge in [-0.25, -0.2) is 16.8 Å². The van der Waals surface area contributed by atoms with Crippen LogP contribution in [0.5, 0.6) is 0 Å². The van der Waals surface area contributed by atoms with Gasteiger partial charge in [0.1, 0.15) is 20.2 Å². The van der Waals surface area contributed by atoms with Crippen LogP contribution < -0.4 is 0 Å². The quantitative estimate of drug-likeness (QED) is 0.0927. The summed E-state index contributed by atoms with van der Waals surface area (Å²) < 4.78 is 69.6. The first-order valence-electron chi connectivity index (χ1n) is 14.0. The zero-order valence-electron chi connectivity index (χ0n) is 24.0. The molecule has 0 aliphatic carbocycles. The summed E-state index contributed by atoms with van der Waals surface area (Å²) in [5, 5.41) is 2.66. The molecular formula is C32H38CaO6S2. The molecule has 0 aromatic heterocycles. The number of rotatable bonds is 12. The number of fused-ring (bicyclic) bond motifs is 2. The summed E-state index contributed by atoms with van der Waals surface area (Å²) >= 11 is 0. The summed E-state index contributed by atoms with van der Waals surface area (Å²) in [6, 6.07) is 21.6. The van der Waals surface area contributed by atoms with E-state index >= 15 is 0 Å². The van der Waals surface area contributed by atoms with Crippen LogP contribution in [0.2, 0.25) is 0 Å². The van der Waals surface area contributed by atoms with Crippen LogP contribution in [0.25, 0.3) is 21.5 Å². The molecule has 216 valence electrons. The van der Waals surface area contributed by atoms with Gasteiger partial charge < -0.3 is 9.11 Å². The third-order valence-corrected chi connectivity index (χ3v) is 8.99. The van der Waals surface area contributed by atoms with Crippen molar-refractivity contribution >= 4 is 79.5 Å². The normalized spacial score (nSPS) is 11.6. The minimum atomic E-state index is -4.45. The van der Waals surface area contributed by atoms with Crippen molar-refractivity contribution < 1.29 is 25.9 Å². The Morgan fingerprint density at radius 3 is 1.22 bits per heavy atom. The van der Waals surface area contributed by atoms with Crippen LogP contribution in [0, 0.1) is 0 Å². The van der Waals surface area contributed by atoms with Crippen molar-refractivity contribution in [3.63, 3.8) is 0 Å². The fourth-order valence-corrected chi connectivity index (χ4v) is 6.94. The van der Waals surface area contributed by atoms with E-state index in [1.165, 1.54) is 0 Å². The molecule has 0 aliphatic heterocycles. The molecule has 0 heterocycles. The summed E-state index contributed by atoms with van der Waals surface area (Å²) in [5.41, 5.74) is 1.30. The SMILES string of the molecule is CCCCCCc1ccc2ccccc2c1S(=O)(=O)[O-].CCCCCCc1ccc2ccccc2c1S(=O)(=O)[O-].[Ca+2]. The average molecular weight is 623 g/mol. The molecule has 0 bridgehead atoms. The van der Waals surface area contributed by atoms with E-state index in [1.807, 2.05) is 36.4 Å². The summed E-state index contributed by atoms with van der Waals surface area (Å²) in [6.07, 6.45) is 9.74. The van der Waals surface area contributed by atoms with Crippen LogP contribution in [-0.2, 0) is 33.1 Å². The van der Waals surface area contributed by atoms with Gasteiger partial charge in [0.25, 0.3) is 0 Å². The molecule has 0 aliphatic rings. The number of hydrogen-bond acceptors (Lipinski definition) is 6. The Labute approximate surface area is 275 Å². The summed E-state index contributed by atoms with van der Waals surface area (Å²) in [5.74, 6) is 0. The summed E-state index contributed by atoms with van der Waals surface area (Å²) in [4.78, 5) is -0.0702. The second-order valence-electron chi connectivity index (χ2n) is 10.1. The molecule has 0 fully saturated rings. The minimum absolute atomic E-state index is 0. The van der Waals surface area contributed by atoms with Gasteiger partial charge in [0.05, 0.1) is 9.79 Å². The molecule has 9 heteroatoms. The van der Waals surface area contributed by atoms with E-state index in [-0.39, 0.29) is 47.5 Å². The smallest absolute Gasteiger partial charge is 0.744 e. The molecule has 4 rings (SSSR count). The first-order chi connectivity index (χ1) is 19.1. The average Bonchev–Trinajstić information content (AvgIpc) is 2.92. The Kier molecular flexibility index (Phi) is 14.7. The number of hydrogen-bond donors (Lipinski definition) is 0. The molecule has 0 saturated carbocycles. The van der Waals surface area contributed by atoms with Gasteiger partial charge in [0.2, 0.25) is 0 Å². The summed E-state index contributed by atoms with van der Waals surface area (Å²) in [6.45, 7) is 4.26. The second-order valence-corrected chi connectivity index (χ2v) is 12.7. The Morgan fingerprint density at radius 1 is 0.512 bits per heavy atom. The van der Waals surface area contributed by atoms with E-state index < -0.39 is 20.2 Å². The van der Waals surface area contributed by atoms with Crippen molar-refractivity contribution in [2.45, 2.75) is 87.8 Å². The Hall–Kier alpha value is -1.52. The monoisotopic (exact) mass is 622 g/mol. The van der Waals surface area contributed by atoms with Crippen molar-refractivity contribution in [2.24, 2.45) is 0 Å². The van der Waals surface area contributed by atoms with E-state index in [1.54, 1.807) is 36.4 Å². The van der Waals surface area contributed by atoms with Crippen LogP contribution in [0.1, 0.15) is 76.3 Å². The van der Waals surface area contributed by atoms with Crippen LogP contribution in [0.3, 0.4) is 0 Å². The number of benzene rings is 4. The Morgan fingerprint density at radius 2 is 0.878 bits per heavy atom. The molecule has 0 radical (unpaired) electrons. The fourth-order valence-electron chi connectivity index (χ4n) is 5.04. The molecule has 0 N–H and O–H groups in total. The van der Waals surface area contributed by atoms with Crippen molar-refractivity contribution in [3.8, 4) is 0 Å². The van der Waals surface area contributed by atoms with Crippen LogP contribution >= 0.6 is 0 Å². The van der Waals surface area contributed by atoms with Gasteiger partial charge in [-0.05, 0) is 58.4 Å². The molecule has 4 aromatic carbocycles. The van der Waals surface area contributed by atoms with Gasteiger partial charge in [-0.2, -0.15) is 0 Å². The minimum Gasteiger partial charge on any atom is -0.744 e. The van der Waals surface area contributed by atoms with Crippen LogP contribution in [0.15, 0.2) is 82.6 Å². The predicted octanol–water partition coefficient (Wildman–Crippen LogP) is 7.35. The van der Waals surface area contributed by atoms with Gasteiger partial charge in [-0.15, -0.1) is 0 Å². The largest absolute Gasteiger partial charge is 2.00 e. The number of unbranched alkanes of at least 4 members (excludes halogenated alkanes) is 6. The first kappa shape index (κ1) is 35.7. The molecule has 0 saturated heterocycles. The van der Waals surface area contributed by atoms with Gasteiger partial charge in [-0.3, -0.25) is 0 Å². The zero-order chi connectivity index (χ0) is 29.2. The van der Waals surface area contributed by atoms with E-state index in [4.69, 9.17) is 0 Å². The molecule has 4 aromatic rings. The van der Waals surface area contributed by atoms with Gasteiger partial charge >= 0.3 is 37.7 Å². The molecular weight excluding hydrogens is 585 g/mol. The molecule has 0 amide bonds. The van der Waals surface area contributed by atoms with Gasteiger partial charge in [0.15, 0.2) is 0 Å². The third-order valence-electron chi connectivity index (χ3n) is 7.02. The maximum atomic E-state index is 11.6. The van der Waals surface area contributed by atoms with Crippen molar-refractivity contribution in [1.82, 2.24) is 0 Å². The first-order valence-corrected chi connectivity index (χ1v) is 16.8. The maximum Gasteiger partial charge on any atom is 2.00 e. The van der Waals surface area contributed by atoms with Gasteiger partial charge in [-0.1, -0.05) is 125 Å². The van der Waals surface area contributed by atoms with Crippen molar-refractivity contribution in [2.75, 3.05) is 0 Å². The van der Waals surface area contributed by atoms with Crippen molar-refractivity contribution in [3.05, 3.63) is 83.9 Å². The summed E-state index contributed by atoms with van der Waals surface area (Å²) in [7, 11) is -8.91. The fraction of sp³-hybridized carbons (Fsp3) is 0.375. The van der Waals surface area contributed by atoms with E-state index in [0.717, 1.165) is 62.1 Å². The molecule has 0 atom stereocenters. The van der Waals surface area contributed by atoms with Crippen LogP contribution in [0.4, 0.5) is 0 Å².